The van der Waals surface area contributed by atoms with Crippen molar-refractivity contribution in [2.45, 2.75) is 6.92 Å². The average Bonchev–Trinajstić information content (AvgIpc) is 2.56. The molecular formula is C12H12O2. The number of ether oxygens (including phenoxy) is 1. The van der Waals surface area contributed by atoms with E-state index in [0.717, 1.165) is 28.1 Å². The van der Waals surface area contributed by atoms with Crippen molar-refractivity contribution in [2.24, 2.45) is 0 Å². The van der Waals surface area contributed by atoms with Crippen LogP contribution in [0.3, 0.4) is 0 Å². The number of hydrogen-bond acceptors (Lipinski definition) is 2. The monoisotopic (exact) mass is 188 g/mol. The molecule has 0 aliphatic heterocycles. The highest BCUT2D eigenvalue weighted by atomic mass is 16.5. The maximum absolute atomic E-state index is 5.63. The van der Waals surface area contributed by atoms with Crippen LogP contribution in [0, 0.1) is 0 Å². The van der Waals surface area contributed by atoms with Crippen LogP contribution in [0.2, 0.25) is 0 Å². The Balaban J connectivity index is 2.78. The molecule has 2 rings (SSSR count). The van der Waals surface area contributed by atoms with Crippen LogP contribution in [0.25, 0.3) is 16.5 Å². The molecule has 2 heteroatoms. The van der Waals surface area contributed by atoms with Gasteiger partial charge in [0.25, 0.3) is 0 Å². The number of rotatable bonds is 2. The van der Waals surface area contributed by atoms with Crippen molar-refractivity contribution < 1.29 is 9.15 Å². The van der Waals surface area contributed by atoms with Crippen LogP contribution in [0.15, 0.2) is 35.3 Å². The van der Waals surface area contributed by atoms with Gasteiger partial charge in [-0.05, 0) is 24.6 Å². The van der Waals surface area contributed by atoms with E-state index in [4.69, 9.17) is 9.15 Å². The number of methoxy groups -OCH3 is 1. The first-order chi connectivity index (χ1) is 6.74. The molecule has 0 unspecified atom stereocenters. The molecule has 0 bridgehead atoms. The Kier molecular flexibility index (Phi) is 2.04. The lowest BCUT2D eigenvalue weighted by Crippen LogP contribution is -1.84. The Morgan fingerprint density at radius 2 is 2.07 bits per heavy atom. The molecule has 0 atom stereocenters. The average molecular weight is 188 g/mol. The van der Waals surface area contributed by atoms with E-state index in [1.54, 1.807) is 7.11 Å². The molecule has 0 saturated carbocycles. The summed E-state index contributed by atoms with van der Waals surface area (Å²) in [5.41, 5.74) is 1.71. The maximum atomic E-state index is 5.63. The lowest BCUT2D eigenvalue weighted by atomic mass is 10.2. The zero-order valence-corrected chi connectivity index (χ0v) is 8.33. The molecular weight excluding hydrogens is 176 g/mol. The zero-order chi connectivity index (χ0) is 10.1. The predicted octanol–water partition coefficient (Wildman–Crippen LogP) is 3.47. The summed E-state index contributed by atoms with van der Waals surface area (Å²) in [6.07, 6.45) is 0. The highest BCUT2D eigenvalue weighted by molar-refractivity contribution is 5.89. The van der Waals surface area contributed by atoms with Crippen molar-refractivity contribution in [3.05, 3.63) is 36.6 Å². The third kappa shape index (κ3) is 1.20. The second-order valence-corrected chi connectivity index (χ2v) is 3.24. The Morgan fingerprint density at radius 3 is 2.71 bits per heavy atom. The number of allylic oxidation sites excluding steroid dienone is 1. The second kappa shape index (κ2) is 3.22. The summed E-state index contributed by atoms with van der Waals surface area (Å²) in [5.74, 6) is 1.50. The molecule has 2 nitrogen and oxygen atoms in total. The van der Waals surface area contributed by atoms with Crippen molar-refractivity contribution in [3.8, 4) is 5.75 Å². The van der Waals surface area contributed by atoms with Gasteiger partial charge in [-0.25, -0.2) is 0 Å². The Morgan fingerprint density at radius 1 is 1.36 bits per heavy atom. The van der Waals surface area contributed by atoms with E-state index in [1.165, 1.54) is 0 Å². The van der Waals surface area contributed by atoms with Gasteiger partial charge in [0.2, 0.25) is 0 Å². The van der Waals surface area contributed by atoms with Gasteiger partial charge < -0.3 is 9.15 Å². The quantitative estimate of drug-likeness (QED) is 0.720. The standard InChI is InChI=1S/C12H12O2/c1-8(2)11-12(13-3)9-6-4-5-7-10(9)14-11/h4-7H,1H2,2-3H3. The van der Waals surface area contributed by atoms with E-state index in [1.807, 2.05) is 31.2 Å². The molecule has 0 aliphatic rings. The fraction of sp³-hybridized carbons (Fsp3) is 0.167. The third-order valence-corrected chi connectivity index (χ3v) is 2.14. The van der Waals surface area contributed by atoms with E-state index < -0.39 is 0 Å². The van der Waals surface area contributed by atoms with Gasteiger partial charge in [0.1, 0.15) is 5.58 Å². The Bertz CT molecular complexity index is 480. The van der Waals surface area contributed by atoms with E-state index in [0.29, 0.717) is 0 Å². The van der Waals surface area contributed by atoms with Crippen molar-refractivity contribution in [3.63, 3.8) is 0 Å². The van der Waals surface area contributed by atoms with Gasteiger partial charge in [-0.1, -0.05) is 18.7 Å². The molecule has 14 heavy (non-hydrogen) atoms. The summed E-state index contributed by atoms with van der Waals surface area (Å²) >= 11 is 0. The van der Waals surface area contributed by atoms with Crippen LogP contribution in [0.5, 0.6) is 5.75 Å². The Labute approximate surface area is 82.8 Å². The summed E-state index contributed by atoms with van der Waals surface area (Å²) in [7, 11) is 1.64. The molecule has 0 aliphatic carbocycles. The van der Waals surface area contributed by atoms with Crippen LogP contribution in [0.1, 0.15) is 12.7 Å². The first-order valence-electron chi connectivity index (χ1n) is 4.45. The summed E-state index contributed by atoms with van der Waals surface area (Å²) in [6, 6.07) is 7.80. The van der Waals surface area contributed by atoms with Crippen LogP contribution in [-0.2, 0) is 0 Å². The smallest absolute Gasteiger partial charge is 0.172 e. The normalized spacial score (nSPS) is 10.4. The number of fused-ring (bicyclic) bond motifs is 1. The van der Waals surface area contributed by atoms with Crippen molar-refractivity contribution in [1.82, 2.24) is 0 Å². The fourth-order valence-electron chi connectivity index (χ4n) is 1.51. The minimum atomic E-state index is 0.730. The van der Waals surface area contributed by atoms with Crippen LogP contribution < -0.4 is 4.74 Å². The lowest BCUT2D eigenvalue weighted by Gasteiger charge is -1.99. The first kappa shape index (κ1) is 8.88. The van der Waals surface area contributed by atoms with E-state index in [2.05, 4.69) is 6.58 Å². The zero-order valence-electron chi connectivity index (χ0n) is 8.33. The topological polar surface area (TPSA) is 22.4 Å². The molecule has 0 fully saturated rings. The van der Waals surface area contributed by atoms with Gasteiger partial charge in [0.05, 0.1) is 12.5 Å². The fourth-order valence-corrected chi connectivity index (χ4v) is 1.51. The van der Waals surface area contributed by atoms with E-state index in [-0.39, 0.29) is 0 Å². The SMILES string of the molecule is C=C(C)c1oc2ccccc2c1OC. The molecule has 0 N–H and O–H groups in total. The summed E-state index contributed by atoms with van der Waals surface area (Å²) in [5, 5.41) is 0.994. The molecule has 2 aromatic rings. The number of hydrogen-bond donors (Lipinski definition) is 0. The van der Waals surface area contributed by atoms with Gasteiger partial charge >= 0.3 is 0 Å². The van der Waals surface area contributed by atoms with Gasteiger partial charge in [0, 0.05) is 0 Å². The van der Waals surface area contributed by atoms with Gasteiger partial charge in [-0.2, -0.15) is 0 Å². The van der Waals surface area contributed by atoms with Gasteiger partial charge in [0.15, 0.2) is 11.5 Å². The van der Waals surface area contributed by atoms with Crippen LogP contribution in [-0.4, -0.2) is 7.11 Å². The molecule has 1 aromatic carbocycles. The molecule has 0 amide bonds. The minimum Gasteiger partial charge on any atom is -0.492 e. The van der Waals surface area contributed by atoms with Crippen LogP contribution >= 0.6 is 0 Å². The number of benzene rings is 1. The number of para-hydroxylation sites is 1. The first-order valence-corrected chi connectivity index (χ1v) is 4.45. The molecule has 72 valence electrons. The van der Waals surface area contributed by atoms with Crippen molar-refractivity contribution in [2.75, 3.05) is 7.11 Å². The number of furan rings is 1. The summed E-state index contributed by atoms with van der Waals surface area (Å²) in [4.78, 5) is 0. The molecule has 0 saturated heterocycles. The molecule has 1 aromatic heterocycles. The summed E-state index contributed by atoms with van der Waals surface area (Å²) in [6.45, 7) is 5.76. The molecule has 0 radical (unpaired) electrons. The highest BCUT2D eigenvalue weighted by Gasteiger charge is 2.14. The van der Waals surface area contributed by atoms with Gasteiger partial charge in [-0.15, -0.1) is 0 Å². The van der Waals surface area contributed by atoms with Crippen molar-refractivity contribution >= 4 is 16.5 Å². The van der Waals surface area contributed by atoms with E-state index in [9.17, 15) is 0 Å². The highest BCUT2D eigenvalue weighted by Crippen LogP contribution is 2.35. The van der Waals surface area contributed by atoms with Gasteiger partial charge in [-0.3, -0.25) is 0 Å². The molecule has 1 heterocycles. The molecule has 0 spiro atoms. The van der Waals surface area contributed by atoms with E-state index >= 15 is 0 Å². The minimum absolute atomic E-state index is 0.730. The van der Waals surface area contributed by atoms with Crippen molar-refractivity contribution in [1.29, 1.82) is 0 Å². The lowest BCUT2D eigenvalue weighted by molar-refractivity contribution is 0.407. The largest absolute Gasteiger partial charge is 0.492 e. The summed E-state index contributed by atoms with van der Waals surface area (Å²) < 4.78 is 10.9. The second-order valence-electron chi connectivity index (χ2n) is 3.24. The van der Waals surface area contributed by atoms with Crippen LogP contribution in [0.4, 0.5) is 0 Å². The third-order valence-electron chi connectivity index (χ3n) is 2.14. The maximum Gasteiger partial charge on any atom is 0.172 e. The Hall–Kier alpha value is -1.70. The predicted molar refractivity (Wildman–Crippen MR) is 57.5 cm³/mol.